The molecule has 0 rings (SSSR count). The van der Waals surface area contributed by atoms with Crippen molar-refractivity contribution < 1.29 is 22.7 Å². The van der Waals surface area contributed by atoms with Crippen molar-refractivity contribution in [2.45, 2.75) is 33.0 Å². The van der Waals surface area contributed by atoms with Crippen molar-refractivity contribution in [1.29, 1.82) is 0 Å². The predicted octanol–water partition coefficient (Wildman–Crippen LogP) is 2.32. The molecule has 0 aliphatic rings. The number of halogens is 3. The van der Waals surface area contributed by atoms with Gasteiger partial charge in [0.05, 0.1) is 12.5 Å². The van der Waals surface area contributed by atoms with Crippen LogP contribution in [0.15, 0.2) is 0 Å². The number of alkyl carbamates (subject to hydrolysis) is 1. The molecule has 0 aromatic heterocycles. The van der Waals surface area contributed by atoms with Gasteiger partial charge in [0.25, 0.3) is 0 Å². The first kappa shape index (κ1) is 13.1. The number of hydrogen-bond donors (Lipinski definition) is 1. The molecular weight excluding hydrogens is 199 g/mol. The van der Waals surface area contributed by atoms with Crippen molar-refractivity contribution in [3.8, 4) is 0 Å². The van der Waals surface area contributed by atoms with E-state index in [0.717, 1.165) is 21.0 Å². The fourth-order valence-electron chi connectivity index (χ4n) is 0.662. The highest BCUT2D eigenvalue weighted by Crippen LogP contribution is 2.40. The number of rotatable bonds is 2. The van der Waals surface area contributed by atoms with Gasteiger partial charge in [-0.15, -0.1) is 0 Å². The fourth-order valence-corrected chi connectivity index (χ4v) is 0.662. The van der Waals surface area contributed by atoms with Crippen molar-refractivity contribution in [3.63, 3.8) is 0 Å². The summed E-state index contributed by atoms with van der Waals surface area (Å²) in [6.45, 7) is 3.33. The number of nitrogens with one attached hydrogen (secondary N) is 1. The third-order valence-corrected chi connectivity index (χ3v) is 2.33. The number of amides is 1. The summed E-state index contributed by atoms with van der Waals surface area (Å²) < 4.78 is 41.5. The van der Waals surface area contributed by atoms with Gasteiger partial charge in [0, 0.05) is 6.04 Å². The van der Waals surface area contributed by atoms with Crippen LogP contribution in [0.5, 0.6) is 0 Å². The standard InChI is InChI=1S/C8H14F3NO2/c1-5(12-6(13)14-4)7(2,3)8(9,10)11/h5H,1-4H3,(H,12,13)/t5-/m0/s1. The Hall–Kier alpha value is -0.940. The van der Waals surface area contributed by atoms with Gasteiger partial charge in [-0.1, -0.05) is 0 Å². The third-order valence-electron chi connectivity index (χ3n) is 2.33. The van der Waals surface area contributed by atoms with E-state index in [2.05, 4.69) is 10.1 Å². The van der Waals surface area contributed by atoms with Gasteiger partial charge in [0.2, 0.25) is 0 Å². The van der Waals surface area contributed by atoms with Crippen LogP contribution in [0, 0.1) is 5.41 Å². The zero-order chi connectivity index (χ0) is 11.6. The van der Waals surface area contributed by atoms with Gasteiger partial charge in [0.1, 0.15) is 0 Å². The zero-order valence-corrected chi connectivity index (χ0v) is 8.53. The molecule has 0 aliphatic carbocycles. The lowest BCUT2D eigenvalue weighted by molar-refractivity contribution is -0.218. The Balaban J connectivity index is 4.51. The van der Waals surface area contributed by atoms with Gasteiger partial charge in [-0.2, -0.15) is 13.2 Å². The minimum absolute atomic E-state index is 0.866. The number of methoxy groups -OCH3 is 1. The smallest absolute Gasteiger partial charge is 0.407 e. The van der Waals surface area contributed by atoms with Gasteiger partial charge >= 0.3 is 12.3 Å². The van der Waals surface area contributed by atoms with E-state index in [9.17, 15) is 18.0 Å². The van der Waals surface area contributed by atoms with Crippen LogP contribution < -0.4 is 5.32 Å². The largest absolute Gasteiger partial charge is 0.453 e. The van der Waals surface area contributed by atoms with Crippen LogP contribution in [0.3, 0.4) is 0 Å². The first-order valence-corrected chi connectivity index (χ1v) is 4.04. The lowest BCUT2D eigenvalue weighted by Gasteiger charge is -2.33. The molecule has 0 unspecified atom stereocenters. The summed E-state index contributed by atoms with van der Waals surface area (Å²) in [7, 11) is 1.10. The maximum atomic E-state index is 12.4. The summed E-state index contributed by atoms with van der Waals surface area (Å²) in [6.07, 6.45) is -5.23. The van der Waals surface area contributed by atoms with E-state index < -0.39 is 23.7 Å². The highest BCUT2D eigenvalue weighted by Gasteiger charge is 2.51. The summed E-state index contributed by atoms with van der Waals surface area (Å²) >= 11 is 0. The molecule has 6 heteroatoms. The normalized spacial score (nSPS) is 14.8. The summed E-state index contributed by atoms with van der Waals surface area (Å²) in [4.78, 5) is 10.7. The Bertz CT molecular complexity index is 213. The van der Waals surface area contributed by atoms with Crippen molar-refractivity contribution >= 4 is 6.09 Å². The second-order valence-electron chi connectivity index (χ2n) is 3.58. The van der Waals surface area contributed by atoms with E-state index in [0.29, 0.717) is 0 Å². The quantitative estimate of drug-likeness (QED) is 0.764. The Morgan fingerprint density at radius 2 is 1.79 bits per heavy atom. The van der Waals surface area contributed by atoms with Crippen LogP contribution in [0.4, 0.5) is 18.0 Å². The van der Waals surface area contributed by atoms with E-state index in [-0.39, 0.29) is 0 Å². The molecule has 0 saturated carbocycles. The molecule has 0 fully saturated rings. The lowest BCUT2D eigenvalue weighted by atomic mass is 9.85. The molecule has 0 aliphatic heterocycles. The Kier molecular flexibility index (Phi) is 3.79. The van der Waals surface area contributed by atoms with Gasteiger partial charge in [-0.25, -0.2) is 4.79 Å². The Morgan fingerprint density at radius 1 is 1.36 bits per heavy atom. The maximum Gasteiger partial charge on any atom is 0.407 e. The third kappa shape index (κ3) is 2.78. The number of hydrogen-bond acceptors (Lipinski definition) is 2. The molecule has 0 saturated heterocycles. The predicted molar refractivity (Wildman–Crippen MR) is 44.8 cm³/mol. The molecule has 0 spiro atoms. The Labute approximate surface area is 80.6 Å². The molecule has 1 atom stereocenters. The zero-order valence-electron chi connectivity index (χ0n) is 8.53. The van der Waals surface area contributed by atoms with Crippen LogP contribution in [-0.4, -0.2) is 25.4 Å². The van der Waals surface area contributed by atoms with Crippen molar-refractivity contribution in [2.24, 2.45) is 5.41 Å². The highest BCUT2D eigenvalue weighted by molar-refractivity contribution is 5.67. The van der Waals surface area contributed by atoms with Crippen molar-refractivity contribution in [1.82, 2.24) is 5.32 Å². The number of ether oxygens (including phenoxy) is 1. The summed E-state index contributed by atoms with van der Waals surface area (Å²) in [5.74, 6) is 0. The molecule has 84 valence electrons. The first-order valence-electron chi connectivity index (χ1n) is 4.04. The van der Waals surface area contributed by atoms with E-state index in [1.54, 1.807) is 0 Å². The topological polar surface area (TPSA) is 38.3 Å². The highest BCUT2D eigenvalue weighted by atomic mass is 19.4. The second-order valence-corrected chi connectivity index (χ2v) is 3.58. The number of alkyl halides is 3. The number of carbonyl (C=O) groups excluding carboxylic acids is 1. The van der Waals surface area contributed by atoms with Crippen molar-refractivity contribution in [3.05, 3.63) is 0 Å². The monoisotopic (exact) mass is 213 g/mol. The molecule has 0 heterocycles. The Morgan fingerprint density at radius 3 is 2.07 bits per heavy atom. The van der Waals surface area contributed by atoms with Gasteiger partial charge in [0.15, 0.2) is 0 Å². The molecule has 14 heavy (non-hydrogen) atoms. The molecule has 0 bridgehead atoms. The average Bonchev–Trinajstić information content (AvgIpc) is 2.01. The van der Waals surface area contributed by atoms with Crippen LogP contribution in [0.25, 0.3) is 0 Å². The molecule has 0 radical (unpaired) electrons. The SMILES string of the molecule is COC(=O)N[C@@H](C)C(C)(C)C(F)(F)F. The van der Waals surface area contributed by atoms with Gasteiger partial charge in [-0.3, -0.25) is 0 Å². The minimum atomic E-state index is -4.37. The van der Waals surface area contributed by atoms with Crippen LogP contribution >= 0.6 is 0 Å². The maximum absolute atomic E-state index is 12.4. The van der Waals surface area contributed by atoms with Gasteiger partial charge in [-0.05, 0) is 20.8 Å². The summed E-state index contributed by atoms with van der Waals surface area (Å²) in [5.41, 5.74) is -1.98. The molecule has 3 nitrogen and oxygen atoms in total. The summed E-state index contributed by atoms with van der Waals surface area (Å²) in [6, 6.07) is -1.05. The first-order chi connectivity index (χ1) is 6.13. The van der Waals surface area contributed by atoms with E-state index in [1.165, 1.54) is 6.92 Å². The van der Waals surface area contributed by atoms with Gasteiger partial charge < -0.3 is 10.1 Å². The molecule has 1 amide bonds. The van der Waals surface area contributed by atoms with E-state index in [4.69, 9.17) is 0 Å². The minimum Gasteiger partial charge on any atom is -0.453 e. The average molecular weight is 213 g/mol. The van der Waals surface area contributed by atoms with E-state index in [1.807, 2.05) is 0 Å². The molecule has 1 N–H and O–H groups in total. The van der Waals surface area contributed by atoms with Crippen molar-refractivity contribution in [2.75, 3.05) is 7.11 Å². The molecule has 0 aromatic rings. The fraction of sp³-hybridized carbons (Fsp3) is 0.875. The lowest BCUT2D eigenvalue weighted by Crippen LogP contribution is -2.50. The number of carbonyl (C=O) groups is 1. The molecule has 0 aromatic carbocycles. The summed E-state index contributed by atoms with van der Waals surface area (Å²) in [5, 5.41) is 2.10. The molecular formula is C8H14F3NO2. The van der Waals surface area contributed by atoms with Crippen LogP contribution in [0.1, 0.15) is 20.8 Å². The van der Waals surface area contributed by atoms with Crippen LogP contribution in [-0.2, 0) is 4.74 Å². The van der Waals surface area contributed by atoms with Crippen LogP contribution in [0.2, 0.25) is 0 Å². The van der Waals surface area contributed by atoms with E-state index >= 15 is 0 Å². The second kappa shape index (κ2) is 4.06.